The first-order valence-electron chi connectivity index (χ1n) is 7.30. The highest BCUT2D eigenvalue weighted by Crippen LogP contribution is 2.24. The van der Waals surface area contributed by atoms with Crippen LogP contribution in [0.15, 0.2) is 42.5 Å². The van der Waals surface area contributed by atoms with Gasteiger partial charge in [-0.25, -0.2) is 4.98 Å². The van der Waals surface area contributed by atoms with Crippen LogP contribution in [-0.4, -0.2) is 9.97 Å². The van der Waals surface area contributed by atoms with Crippen molar-refractivity contribution in [2.75, 3.05) is 0 Å². The quantitative estimate of drug-likeness (QED) is 0.760. The molecule has 3 heteroatoms. The highest BCUT2D eigenvalue weighted by Gasteiger charge is 2.06. The minimum Gasteiger partial charge on any atom is -0.486 e. The number of para-hydroxylation sites is 2. The molecule has 1 heterocycles. The van der Waals surface area contributed by atoms with Gasteiger partial charge in [0.1, 0.15) is 18.2 Å². The summed E-state index contributed by atoms with van der Waals surface area (Å²) >= 11 is 0. The number of rotatable bonds is 4. The van der Waals surface area contributed by atoms with Gasteiger partial charge in [-0.3, -0.25) is 0 Å². The van der Waals surface area contributed by atoms with Gasteiger partial charge in [-0.05, 0) is 48.2 Å². The predicted octanol–water partition coefficient (Wildman–Crippen LogP) is 4.57. The van der Waals surface area contributed by atoms with Crippen LogP contribution >= 0.6 is 0 Å². The monoisotopic (exact) mass is 280 g/mol. The van der Waals surface area contributed by atoms with Crippen LogP contribution in [0.2, 0.25) is 0 Å². The normalized spacial score (nSPS) is 11.2. The number of nitrogens with one attached hydrogen (secondary N) is 1. The average molecular weight is 280 g/mol. The zero-order chi connectivity index (χ0) is 14.8. The summed E-state index contributed by atoms with van der Waals surface area (Å²) in [4.78, 5) is 7.79. The predicted molar refractivity (Wildman–Crippen MR) is 85.7 cm³/mol. The number of fused-ring (bicyclic) bond motifs is 1. The maximum Gasteiger partial charge on any atom is 0.146 e. The third-order valence-corrected chi connectivity index (χ3v) is 3.68. The number of aryl methyl sites for hydroxylation is 1. The number of imidazole rings is 1. The average Bonchev–Trinajstić information content (AvgIpc) is 2.87. The van der Waals surface area contributed by atoms with E-state index in [1.165, 1.54) is 11.1 Å². The van der Waals surface area contributed by atoms with Crippen molar-refractivity contribution in [2.45, 2.75) is 33.3 Å². The molecule has 3 aromatic rings. The van der Waals surface area contributed by atoms with Crippen LogP contribution in [0.5, 0.6) is 5.75 Å². The molecule has 0 aliphatic heterocycles. The molecule has 0 spiro atoms. The van der Waals surface area contributed by atoms with Crippen molar-refractivity contribution in [1.82, 2.24) is 9.97 Å². The SMILES string of the molecule is Cc1cc(OCc2nc3ccccc3[nH]2)ccc1C(C)C. The molecule has 0 amide bonds. The molecule has 0 fully saturated rings. The fraction of sp³-hybridized carbons (Fsp3) is 0.278. The Labute approximate surface area is 125 Å². The second-order valence-corrected chi connectivity index (χ2v) is 5.66. The van der Waals surface area contributed by atoms with Crippen LogP contribution in [0.3, 0.4) is 0 Å². The van der Waals surface area contributed by atoms with Crippen molar-refractivity contribution < 1.29 is 4.74 Å². The summed E-state index contributed by atoms with van der Waals surface area (Å²) in [6, 6.07) is 14.3. The molecule has 21 heavy (non-hydrogen) atoms. The van der Waals surface area contributed by atoms with Gasteiger partial charge in [-0.15, -0.1) is 0 Å². The molecule has 2 aromatic carbocycles. The molecular weight excluding hydrogens is 260 g/mol. The van der Waals surface area contributed by atoms with Crippen LogP contribution in [0.25, 0.3) is 11.0 Å². The maximum absolute atomic E-state index is 5.84. The van der Waals surface area contributed by atoms with Crippen LogP contribution < -0.4 is 4.74 Å². The van der Waals surface area contributed by atoms with Crippen molar-refractivity contribution in [3.05, 3.63) is 59.4 Å². The second kappa shape index (κ2) is 5.60. The van der Waals surface area contributed by atoms with Crippen LogP contribution in [0.4, 0.5) is 0 Å². The van der Waals surface area contributed by atoms with E-state index in [-0.39, 0.29) is 0 Å². The summed E-state index contributed by atoms with van der Waals surface area (Å²) in [6.07, 6.45) is 0. The van der Waals surface area contributed by atoms with E-state index in [0.717, 1.165) is 22.6 Å². The smallest absolute Gasteiger partial charge is 0.146 e. The Morgan fingerprint density at radius 3 is 2.67 bits per heavy atom. The number of hydrogen-bond acceptors (Lipinski definition) is 2. The number of ether oxygens (including phenoxy) is 1. The summed E-state index contributed by atoms with van der Waals surface area (Å²) in [5, 5.41) is 0. The summed E-state index contributed by atoms with van der Waals surface area (Å²) in [7, 11) is 0. The molecular formula is C18H20N2O. The van der Waals surface area contributed by atoms with Gasteiger partial charge in [0.15, 0.2) is 0 Å². The standard InChI is InChI=1S/C18H20N2O/c1-12(2)15-9-8-14(10-13(15)3)21-11-18-19-16-6-4-5-7-17(16)20-18/h4-10,12H,11H2,1-3H3,(H,19,20). The zero-order valence-corrected chi connectivity index (χ0v) is 12.7. The molecule has 0 atom stereocenters. The fourth-order valence-corrected chi connectivity index (χ4v) is 2.61. The first kappa shape index (κ1) is 13.7. The van der Waals surface area contributed by atoms with Gasteiger partial charge in [-0.1, -0.05) is 32.0 Å². The van der Waals surface area contributed by atoms with Gasteiger partial charge < -0.3 is 9.72 Å². The van der Waals surface area contributed by atoms with Gasteiger partial charge in [0, 0.05) is 0 Å². The lowest BCUT2D eigenvalue weighted by Gasteiger charge is -2.11. The third kappa shape index (κ3) is 2.92. The van der Waals surface area contributed by atoms with E-state index >= 15 is 0 Å². The summed E-state index contributed by atoms with van der Waals surface area (Å²) < 4.78 is 5.84. The lowest BCUT2D eigenvalue weighted by molar-refractivity contribution is 0.297. The van der Waals surface area contributed by atoms with Crippen molar-refractivity contribution >= 4 is 11.0 Å². The van der Waals surface area contributed by atoms with Gasteiger partial charge >= 0.3 is 0 Å². The molecule has 0 bridgehead atoms. The van der Waals surface area contributed by atoms with E-state index in [0.29, 0.717) is 12.5 Å². The van der Waals surface area contributed by atoms with Gasteiger partial charge in [0.05, 0.1) is 11.0 Å². The molecule has 3 rings (SSSR count). The Hall–Kier alpha value is -2.29. The fourth-order valence-electron chi connectivity index (χ4n) is 2.61. The first-order valence-corrected chi connectivity index (χ1v) is 7.30. The number of aromatic nitrogens is 2. The summed E-state index contributed by atoms with van der Waals surface area (Å²) in [6.45, 7) is 6.99. The summed E-state index contributed by atoms with van der Waals surface area (Å²) in [5.41, 5.74) is 4.66. The highest BCUT2D eigenvalue weighted by atomic mass is 16.5. The van der Waals surface area contributed by atoms with E-state index in [9.17, 15) is 0 Å². The van der Waals surface area contributed by atoms with Crippen molar-refractivity contribution in [2.24, 2.45) is 0 Å². The third-order valence-electron chi connectivity index (χ3n) is 3.68. The van der Waals surface area contributed by atoms with Crippen molar-refractivity contribution in [1.29, 1.82) is 0 Å². The molecule has 1 aromatic heterocycles. The van der Waals surface area contributed by atoms with Crippen LogP contribution in [0, 0.1) is 6.92 Å². The highest BCUT2D eigenvalue weighted by molar-refractivity contribution is 5.74. The second-order valence-electron chi connectivity index (χ2n) is 5.66. The van der Waals surface area contributed by atoms with E-state index in [4.69, 9.17) is 4.74 Å². The van der Waals surface area contributed by atoms with Crippen molar-refractivity contribution in [3.8, 4) is 5.75 Å². The van der Waals surface area contributed by atoms with Crippen molar-refractivity contribution in [3.63, 3.8) is 0 Å². The molecule has 0 saturated heterocycles. The number of hydrogen-bond donors (Lipinski definition) is 1. The van der Waals surface area contributed by atoms with Crippen LogP contribution in [-0.2, 0) is 6.61 Å². The number of H-pyrrole nitrogens is 1. The van der Waals surface area contributed by atoms with E-state index in [1.54, 1.807) is 0 Å². The lowest BCUT2D eigenvalue weighted by atomic mass is 9.98. The Morgan fingerprint density at radius 1 is 1.14 bits per heavy atom. The zero-order valence-electron chi connectivity index (χ0n) is 12.7. The van der Waals surface area contributed by atoms with Gasteiger partial charge in [0.2, 0.25) is 0 Å². The topological polar surface area (TPSA) is 37.9 Å². The minimum atomic E-state index is 0.454. The van der Waals surface area contributed by atoms with E-state index in [1.807, 2.05) is 30.3 Å². The summed E-state index contributed by atoms with van der Waals surface area (Å²) in [5.74, 6) is 2.27. The number of benzene rings is 2. The molecule has 1 N–H and O–H groups in total. The molecule has 0 saturated carbocycles. The van der Waals surface area contributed by atoms with Gasteiger partial charge in [0.25, 0.3) is 0 Å². The lowest BCUT2D eigenvalue weighted by Crippen LogP contribution is -1.99. The molecule has 0 aliphatic rings. The molecule has 0 radical (unpaired) electrons. The minimum absolute atomic E-state index is 0.454. The first-order chi connectivity index (χ1) is 10.1. The number of nitrogens with zero attached hydrogens (tertiary/aromatic N) is 1. The Kier molecular flexibility index (Phi) is 3.65. The maximum atomic E-state index is 5.84. The van der Waals surface area contributed by atoms with Gasteiger partial charge in [-0.2, -0.15) is 0 Å². The number of aromatic amines is 1. The molecule has 0 aliphatic carbocycles. The Balaban J connectivity index is 1.74. The molecule has 3 nitrogen and oxygen atoms in total. The van der Waals surface area contributed by atoms with Crippen LogP contribution in [0.1, 0.15) is 36.7 Å². The van der Waals surface area contributed by atoms with E-state index < -0.39 is 0 Å². The largest absolute Gasteiger partial charge is 0.486 e. The Morgan fingerprint density at radius 2 is 1.95 bits per heavy atom. The molecule has 0 unspecified atom stereocenters. The Bertz CT molecular complexity index is 726. The van der Waals surface area contributed by atoms with E-state index in [2.05, 4.69) is 42.9 Å². The molecule has 108 valence electrons.